The van der Waals surface area contributed by atoms with Crippen LogP contribution in [-0.4, -0.2) is 25.7 Å². The number of rotatable bonds is 3. The molecule has 1 fully saturated rings. The van der Waals surface area contributed by atoms with Crippen LogP contribution in [0.1, 0.15) is 24.8 Å². The van der Waals surface area contributed by atoms with Crippen molar-refractivity contribution in [3.8, 4) is 0 Å². The van der Waals surface area contributed by atoms with Gasteiger partial charge in [-0.2, -0.15) is 8.42 Å². The molecule has 0 saturated heterocycles. The lowest BCUT2D eigenvalue weighted by atomic mass is 10.2. The predicted octanol–water partition coefficient (Wildman–Crippen LogP) is 1.61. The Labute approximate surface area is 101 Å². The average molecular weight is 256 g/mol. The van der Waals surface area contributed by atoms with Crippen LogP contribution in [0.4, 0.5) is 0 Å². The highest BCUT2D eigenvalue weighted by molar-refractivity contribution is 7.86. The van der Waals surface area contributed by atoms with Crippen LogP contribution in [0.15, 0.2) is 29.2 Å². The van der Waals surface area contributed by atoms with Crippen LogP contribution in [0, 0.1) is 6.92 Å². The van der Waals surface area contributed by atoms with Gasteiger partial charge in [0, 0.05) is 0 Å². The molecule has 0 bridgehead atoms. The maximum atomic E-state index is 11.9. The van der Waals surface area contributed by atoms with Gasteiger partial charge < -0.3 is 5.11 Å². The van der Waals surface area contributed by atoms with Crippen LogP contribution in [0.2, 0.25) is 0 Å². The number of benzene rings is 1. The Bertz CT molecular complexity index is 478. The number of aliphatic hydroxyl groups is 1. The Balaban J connectivity index is 2.16. The molecule has 4 nitrogen and oxygen atoms in total. The molecule has 1 aliphatic carbocycles. The van der Waals surface area contributed by atoms with E-state index >= 15 is 0 Å². The third kappa shape index (κ3) is 2.86. The molecular weight excluding hydrogens is 240 g/mol. The Morgan fingerprint density at radius 1 is 1.24 bits per heavy atom. The Morgan fingerprint density at radius 3 is 2.41 bits per heavy atom. The Hall–Kier alpha value is -0.910. The SMILES string of the molecule is Cc1ccc(S(=O)(=O)O[C@@H]2CCC[C@H]2O)cc1. The van der Waals surface area contributed by atoms with Crippen LogP contribution in [-0.2, 0) is 14.3 Å². The normalized spacial score (nSPS) is 25.1. The Kier molecular flexibility index (Phi) is 3.51. The Morgan fingerprint density at radius 2 is 1.88 bits per heavy atom. The molecule has 0 amide bonds. The van der Waals surface area contributed by atoms with E-state index < -0.39 is 22.3 Å². The summed E-state index contributed by atoms with van der Waals surface area (Å²) < 4.78 is 28.9. The van der Waals surface area contributed by atoms with Gasteiger partial charge in [-0.25, -0.2) is 0 Å². The summed E-state index contributed by atoms with van der Waals surface area (Å²) in [5.74, 6) is 0. The van der Waals surface area contributed by atoms with Crippen molar-refractivity contribution >= 4 is 10.1 Å². The van der Waals surface area contributed by atoms with E-state index in [2.05, 4.69) is 0 Å². The zero-order valence-electron chi connectivity index (χ0n) is 9.67. The number of aryl methyl sites for hydroxylation is 1. The van der Waals surface area contributed by atoms with Gasteiger partial charge in [-0.3, -0.25) is 4.18 Å². The lowest BCUT2D eigenvalue weighted by Gasteiger charge is -2.15. The van der Waals surface area contributed by atoms with Crippen molar-refractivity contribution in [2.24, 2.45) is 0 Å². The molecule has 1 N–H and O–H groups in total. The molecule has 0 heterocycles. The third-order valence-electron chi connectivity index (χ3n) is 2.98. The predicted molar refractivity (Wildman–Crippen MR) is 63.1 cm³/mol. The summed E-state index contributed by atoms with van der Waals surface area (Å²) in [5.41, 5.74) is 0.991. The molecule has 17 heavy (non-hydrogen) atoms. The van der Waals surface area contributed by atoms with Crippen LogP contribution in [0.5, 0.6) is 0 Å². The van der Waals surface area contributed by atoms with Crippen LogP contribution in [0.25, 0.3) is 0 Å². The highest BCUT2D eigenvalue weighted by atomic mass is 32.2. The fourth-order valence-corrected chi connectivity index (χ4v) is 3.07. The van der Waals surface area contributed by atoms with Gasteiger partial charge in [0.25, 0.3) is 10.1 Å². The molecule has 0 unspecified atom stereocenters. The highest BCUT2D eigenvalue weighted by Gasteiger charge is 2.31. The standard InChI is InChI=1S/C12H16O4S/c1-9-5-7-10(8-6-9)17(14,15)16-12-4-2-3-11(12)13/h5-8,11-13H,2-4H2,1H3/t11-,12-/m1/s1. The summed E-state index contributed by atoms with van der Waals surface area (Å²) in [6.45, 7) is 1.89. The van der Waals surface area contributed by atoms with Crippen molar-refractivity contribution in [3.63, 3.8) is 0 Å². The van der Waals surface area contributed by atoms with Crippen molar-refractivity contribution < 1.29 is 17.7 Å². The molecule has 5 heteroatoms. The second kappa shape index (κ2) is 4.76. The van der Waals surface area contributed by atoms with Gasteiger partial charge in [-0.15, -0.1) is 0 Å². The van der Waals surface area contributed by atoms with Gasteiger partial charge in [0.2, 0.25) is 0 Å². The van der Waals surface area contributed by atoms with E-state index in [1.54, 1.807) is 12.1 Å². The maximum Gasteiger partial charge on any atom is 0.297 e. The van der Waals surface area contributed by atoms with Crippen LogP contribution in [0.3, 0.4) is 0 Å². The van der Waals surface area contributed by atoms with Gasteiger partial charge in [0.05, 0.1) is 11.0 Å². The molecule has 1 saturated carbocycles. The molecule has 0 radical (unpaired) electrons. The molecule has 1 aromatic carbocycles. The molecule has 0 aliphatic heterocycles. The molecule has 94 valence electrons. The van der Waals surface area contributed by atoms with E-state index in [1.807, 2.05) is 6.92 Å². The van der Waals surface area contributed by atoms with Crippen molar-refractivity contribution in [2.75, 3.05) is 0 Å². The van der Waals surface area contributed by atoms with E-state index in [1.165, 1.54) is 12.1 Å². The minimum atomic E-state index is -3.75. The monoisotopic (exact) mass is 256 g/mol. The molecular formula is C12H16O4S. The second-order valence-corrected chi connectivity index (χ2v) is 5.97. The molecule has 2 atom stereocenters. The average Bonchev–Trinajstić information content (AvgIpc) is 2.64. The van der Waals surface area contributed by atoms with Crippen LogP contribution >= 0.6 is 0 Å². The summed E-state index contributed by atoms with van der Waals surface area (Å²) in [5, 5.41) is 9.55. The minimum Gasteiger partial charge on any atom is -0.390 e. The van der Waals surface area contributed by atoms with E-state index in [4.69, 9.17) is 4.18 Å². The first kappa shape index (κ1) is 12.5. The largest absolute Gasteiger partial charge is 0.390 e. The number of hydrogen-bond donors (Lipinski definition) is 1. The summed E-state index contributed by atoms with van der Waals surface area (Å²) in [6.07, 6.45) is 0.729. The van der Waals surface area contributed by atoms with E-state index in [0.717, 1.165) is 12.0 Å². The van der Waals surface area contributed by atoms with E-state index in [-0.39, 0.29) is 4.90 Å². The zero-order valence-corrected chi connectivity index (χ0v) is 10.5. The van der Waals surface area contributed by atoms with E-state index in [9.17, 15) is 13.5 Å². The molecule has 1 aliphatic rings. The van der Waals surface area contributed by atoms with Gasteiger partial charge in [-0.05, 0) is 38.3 Å². The second-order valence-electron chi connectivity index (χ2n) is 4.40. The van der Waals surface area contributed by atoms with Crippen molar-refractivity contribution in [2.45, 2.75) is 43.3 Å². The van der Waals surface area contributed by atoms with Gasteiger partial charge in [0.1, 0.15) is 6.10 Å². The van der Waals surface area contributed by atoms with Gasteiger partial charge in [0.15, 0.2) is 0 Å². The van der Waals surface area contributed by atoms with E-state index in [0.29, 0.717) is 12.8 Å². The van der Waals surface area contributed by atoms with Crippen molar-refractivity contribution in [1.82, 2.24) is 0 Å². The third-order valence-corrected chi connectivity index (χ3v) is 4.33. The lowest BCUT2D eigenvalue weighted by Crippen LogP contribution is -2.26. The van der Waals surface area contributed by atoms with Crippen LogP contribution < -0.4 is 0 Å². The lowest BCUT2D eigenvalue weighted by molar-refractivity contribution is 0.0645. The fraction of sp³-hybridized carbons (Fsp3) is 0.500. The van der Waals surface area contributed by atoms with Gasteiger partial charge in [-0.1, -0.05) is 17.7 Å². The van der Waals surface area contributed by atoms with Crippen molar-refractivity contribution in [3.05, 3.63) is 29.8 Å². The highest BCUT2D eigenvalue weighted by Crippen LogP contribution is 2.26. The molecule has 2 rings (SSSR count). The number of hydrogen-bond acceptors (Lipinski definition) is 4. The first-order chi connectivity index (χ1) is 7.99. The van der Waals surface area contributed by atoms with Gasteiger partial charge >= 0.3 is 0 Å². The molecule has 0 aromatic heterocycles. The minimum absolute atomic E-state index is 0.141. The maximum absolute atomic E-state index is 11.9. The summed E-state index contributed by atoms with van der Waals surface area (Å²) in [6, 6.07) is 6.49. The molecule has 0 spiro atoms. The quantitative estimate of drug-likeness (QED) is 0.835. The fourth-order valence-electron chi connectivity index (χ4n) is 1.94. The summed E-state index contributed by atoms with van der Waals surface area (Å²) >= 11 is 0. The topological polar surface area (TPSA) is 63.6 Å². The van der Waals surface area contributed by atoms with Crippen molar-refractivity contribution in [1.29, 1.82) is 0 Å². The smallest absolute Gasteiger partial charge is 0.297 e. The first-order valence-corrected chi connectivity index (χ1v) is 7.08. The number of aliphatic hydroxyl groups excluding tert-OH is 1. The zero-order chi connectivity index (χ0) is 12.5. The summed E-state index contributed by atoms with van der Waals surface area (Å²) in [4.78, 5) is 0.141. The molecule has 1 aromatic rings. The first-order valence-electron chi connectivity index (χ1n) is 5.67. The summed E-state index contributed by atoms with van der Waals surface area (Å²) in [7, 11) is -3.75.